The Morgan fingerprint density at radius 1 is 1.33 bits per heavy atom. The van der Waals surface area contributed by atoms with Gasteiger partial charge in [-0.15, -0.1) is 0 Å². The van der Waals surface area contributed by atoms with Gasteiger partial charge >= 0.3 is 0 Å². The van der Waals surface area contributed by atoms with E-state index in [0.717, 1.165) is 43.9 Å². The van der Waals surface area contributed by atoms with Crippen LogP contribution in [0.5, 0.6) is 0 Å². The van der Waals surface area contributed by atoms with Gasteiger partial charge in [-0.05, 0) is 37.0 Å². The molecule has 0 radical (unpaired) electrons. The minimum absolute atomic E-state index is 0.0548. The molecule has 0 spiro atoms. The number of hydrogen-bond acceptors (Lipinski definition) is 3. The molecule has 1 heterocycles. The number of carbonyl (C=O) groups excluding carboxylic acids is 1. The summed E-state index contributed by atoms with van der Waals surface area (Å²) >= 11 is 0. The van der Waals surface area contributed by atoms with Gasteiger partial charge in [0.15, 0.2) is 5.96 Å². The molecule has 1 atom stereocenters. The molecule has 0 aliphatic carbocycles. The number of aliphatic imine (C=N–C) groups is 1. The first-order chi connectivity index (χ1) is 11.7. The SMILES string of the molecule is CCCNC(=NC)NCc1cccc(C(=O)NCC2CCCO2)c1. The van der Waals surface area contributed by atoms with Crippen LogP contribution in [-0.2, 0) is 11.3 Å². The molecule has 1 amide bonds. The lowest BCUT2D eigenvalue weighted by Gasteiger charge is -2.13. The van der Waals surface area contributed by atoms with Crippen molar-refractivity contribution in [1.29, 1.82) is 0 Å². The molecule has 132 valence electrons. The maximum Gasteiger partial charge on any atom is 0.251 e. The molecule has 1 fully saturated rings. The summed E-state index contributed by atoms with van der Waals surface area (Å²) in [5.74, 6) is 0.714. The van der Waals surface area contributed by atoms with Crippen molar-refractivity contribution in [2.75, 3.05) is 26.7 Å². The smallest absolute Gasteiger partial charge is 0.251 e. The van der Waals surface area contributed by atoms with E-state index >= 15 is 0 Å². The van der Waals surface area contributed by atoms with Crippen LogP contribution in [0.3, 0.4) is 0 Å². The Balaban J connectivity index is 1.84. The van der Waals surface area contributed by atoms with Crippen molar-refractivity contribution >= 4 is 11.9 Å². The van der Waals surface area contributed by atoms with E-state index in [0.29, 0.717) is 18.7 Å². The van der Waals surface area contributed by atoms with Gasteiger partial charge in [0.25, 0.3) is 5.91 Å². The molecule has 0 saturated carbocycles. The van der Waals surface area contributed by atoms with Crippen LogP contribution in [0.2, 0.25) is 0 Å². The lowest BCUT2D eigenvalue weighted by molar-refractivity contribution is 0.0857. The second-order valence-corrected chi connectivity index (χ2v) is 5.90. The first-order valence-corrected chi connectivity index (χ1v) is 8.66. The van der Waals surface area contributed by atoms with Gasteiger partial charge in [0.05, 0.1) is 6.10 Å². The van der Waals surface area contributed by atoms with Gasteiger partial charge in [-0.25, -0.2) is 0 Å². The van der Waals surface area contributed by atoms with Crippen molar-refractivity contribution in [3.63, 3.8) is 0 Å². The molecular weight excluding hydrogens is 304 g/mol. The number of carbonyl (C=O) groups is 1. The average Bonchev–Trinajstić information content (AvgIpc) is 3.13. The van der Waals surface area contributed by atoms with E-state index in [4.69, 9.17) is 4.74 Å². The standard InChI is InChI=1S/C18H28N4O2/c1-3-9-20-18(19-2)22-12-14-6-4-7-15(11-14)17(23)21-13-16-8-5-10-24-16/h4,6-7,11,16H,3,5,8-10,12-13H2,1-2H3,(H,21,23)(H2,19,20,22). The molecule has 2 rings (SSSR count). The molecule has 1 aliphatic rings. The molecule has 3 N–H and O–H groups in total. The largest absolute Gasteiger partial charge is 0.376 e. The summed E-state index contributed by atoms with van der Waals surface area (Å²) in [5, 5.41) is 9.43. The van der Waals surface area contributed by atoms with Crippen molar-refractivity contribution in [3.05, 3.63) is 35.4 Å². The fraction of sp³-hybridized carbons (Fsp3) is 0.556. The summed E-state index contributed by atoms with van der Waals surface area (Å²) in [7, 11) is 1.75. The normalized spacial score (nSPS) is 17.6. The van der Waals surface area contributed by atoms with Gasteiger partial charge in [0.2, 0.25) is 0 Å². The first kappa shape index (κ1) is 18.3. The lowest BCUT2D eigenvalue weighted by atomic mass is 10.1. The number of hydrogen-bond donors (Lipinski definition) is 3. The molecule has 1 aromatic carbocycles. The van der Waals surface area contributed by atoms with Crippen LogP contribution in [0.1, 0.15) is 42.1 Å². The molecule has 6 nitrogen and oxygen atoms in total. The Kier molecular flexibility index (Phi) is 7.55. The van der Waals surface area contributed by atoms with Gasteiger partial charge in [-0.2, -0.15) is 0 Å². The van der Waals surface area contributed by atoms with Gasteiger partial charge in [0, 0.05) is 38.9 Å². The van der Waals surface area contributed by atoms with E-state index < -0.39 is 0 Å². The molecule has 1 unspecified atom stereocenters. The highest BCUT2D eigenvalue weighted by atomic mass is 16.5. The predicted octanol–water partition coefficient (Wildman–Crippen LogP) is 1.67. The van der Waals surface area contributed by atoms with Crippen LogP contribution in [-0.4, -0.2) is 44.7 Å². The van der Waals surface area contributed by atoms with E-state index in [-0.39, 0.29) is 12.0 Å². The Bertz CT molecular complexity index is 554. The molecule has 1 aliphatic heterocycles. The van der Waals surface area contributed by atoms with Crippen molar-refractivity contribution in [3.8, 4) is 0 Å². The zero-order chi connectivity index (χ0) is 17.2. The van der Waals surface area contributed by atoms with Crippen LogP contribution in [0, 0.1) is 0 Å². The van der Waals surface area contributed by atoms with Gasteiger partial charge in [0.1, 0.15) is 0 Å². The highest BCUT2D eigenvalue weighted by molar-refractivity contribution is 5.94. The van der Waals surface area contributed by atoms with Crippen molar-refractivity contribution in [1.82, 2.24) is 16.0 Å². The van der Waals surface area contributed by atoms with E-state index in [1.807, 2.05) is 24.3 Å². The number of nitrogens with one attached hydrogen (secondary N) is 3. The third kappa shape index (κ3) is 5.85. The highest BCUT2D eigenvalue weighted by Crippen LogP contribution is 2.11. The number of guanidine groups is 1. The second-order valence-electron chi connectivity index (χ2n) is 5.90. The summed E-state index contributed by atoms with van der Waals surface area (Å²) in [6.45, 7) is 4.99. The van der Waals surface area contributed by atoms with Crippen LogP contribution < -0.4 is 16.0 Å². The highest BCUT2D eigenvalue weighted by Gasteiger charge is 2.16. The quantitative estimate of drug-likeness (QED) is 0.524. The lowest BCUT2D eigenvalue weighted by Crippen LogP contribution is -2.37. The summed E-state index contributed by atoms with van der Waals surface area (Å²) in [5.41, 5.74) is 1.71. The molecule has 0 aromatic heterocycles. The number of amides is 1. The molecule has 0 bridgehead atoms. The zero-order valence-corrected chi connectivity index (χ0v) is 14.6. The fourth-order valence-corrected chi connectivity index (χ4v) is 2.59. The second kappa shape index (κ2) is 9.93. The van der Waals surface area contributed by atoms with Crippen LogP contribution in [0.25, 0.3) is 0 Å². The Morgan fingerprint density at radius 3 is 2.92 bits per heavy atom. The first-order valence-electron chi connectivity index (χ1n) is 8.66. The van der Waals surface area contributed by atoms with Crippen LogP contribution in [0.4, 0.5) is 0 Å². The minimum Gasteiger partial charge on any atom is -0.376 e. The number of ether oxygens (including phenoxy) is 1. The Morgan fingerprint density at radius 2 is 2.21 bits per heavy atom. The van der Waals surface area contributed by atoms with E-state index in [2.05, 4.69) is 27.9 Å². The molecule has 6 heteroatoms. The molecular formula is C18H28N4O2. The van der Waals surface area contributed by atoms with Gasteiger partial charge in [-0.1, -0.05) is 19.1 Å². The topological polar surface area (TPSA) is 74.8 Å². The Hall–Kier alpha value is -2.08. The minimum atomic E-state index is -0.0548. The molecule has 1 aromatic rings. The van der Waals surface area contributed by atoms with Crippen molar-refractivity contribution in [2.24, 2.45) is 4.99 Å². The zero-order valence-electron chi connectivity index (χ0n) is 14.6. The Labute approximate surface area is 144 Å². The third-order valence-electron chi connectivity index (χ3n) is 3.93. The fourth-order valence-electron chi connectivity index (χ4n) is 2.59. The number of benzene rings is 1. The average molecular weight is 332 g/mol. The summed E-state index contributed by atoms with van der Waals surface area (Å²) < 4.78 is 5.53. The predicted molar refractivity (Wildman–Crippen MR) is 96.2 cm³/mol. The third-order valence-corrected chi connectivity index (χ3v) is 3.93. The summed E-state index contributed by atoms with van der Waals surface area (Å²) in [6.07, 6.45) is 3.30. The maximum atomic E-state index is 12.3. The van der Waals surface area contributed by atoms with Gasteiger partial charge in [-0.3, -0.25) is 9.79 Å². The summed E-state index contributed by atoms with van der Waals surface area (Å²) in [4.78, 5) is 16.4. The monoisotopic (exact) mass is 332 g/mol. The maximum absolute atomic E-state index is 12.3. The van der Waals surface area contributed by atoms with Crippen molar-refractivity contribution < 1.29 is 9.53 Å². The van der Waals surface area contributed by atoms with Crippen LogP contribution in [0.15, 0.2) is 29.3 Å². The molecule has 24 heavy (non-hydrogen) atoms. The van der Waals surface area contributed by atoms with Crippen molar-refractivity contribution in [2.45, 2.75) is 38.8 Å². The molecule has 1 saturated heterocycles. The van der Waals surface area contributed by atoms with E-state index in [9.17, 15) is 4.79 Å². The summed E-state index contributed by atoms with van der Waals surface area (Å²) in [6, 6.07) is 7.64. The van der Waals surface area contributed by atoms with E-state index in [1.165, 1.54) is 0 Å². The number of rotatable bonds is 7. The number of nitrogens with zero attached hydrogens (tertiary/aromatic N) is 1. The van der Waals surface area contributed by atoms with Gasteiger partial charge < -0.3 is 20.7 Å². The van der Waals surface area contributed by atoms with E-state index in [1.54, 1.807) is 7.05 Å². The van der Waals surface area contributed by atoms with Crippen LogP contribution >= 0.6 is 0 Å².